The summed E-state index contributed by atoms with van der Waals surface area (Å²) in [6, 6.07) is 15.9. The molecule has 30 heavy (non-hydrogen) atoms. The summed E-state index contributed by atoms with van der Waals surface area (Å²) in [5, 5.41) is 3.22. The van der Waals surface area contributed by atoms with Crippen molar-refractivity contribution in [3.8, 4) is 16.9 Å². The molecule has 0 amide bonds. The minimum Gasteiger partial charge on any atom is -0.497 e. The number of anilines is 2. The topological polar surface area (TPSA) is 76.4 Å². The van der Waals surface area contributed by atoms with Crippen LogP contribution in [0, 0.1) is 0 Å². The predicted octanol–water partition coefficient (Wildman–Crippen LogP) is 3.30. The van der Waals surface area contributed by atoms with Gasteiger partial charge in [-0.2, -0.15) is 0 Å². The number of ether oxygens (including phenoxy) is 2. The Labute approximate surface area is 175 Å². The zero-order valence-corrected chi connectivity index (χ0v) is 17.0. The maximum Gasteiger partial charge on any atom is 0.324 e. The molecule has 0 spiro atoms. The van der Waals surface area contributed by atoms with Crippen LogP contribution in [0.25, 0.3) is 11.1 Å². The van der Waals surface area contributed by atoms with Gasteiger partial charge in [-0.25, -0.2) is 9.97 Å². The van der Waals surface area contributed by atoms with Crippen molar-refractivity contribution in [2.75, 3.05) is 32.6 Å². The molecule has 7 nitrogen and oxygen atoms in total. The van der Waals surface area contributed by atoms with Gasteiger partial charge < -0.3 is 14.8 Å². The summed E-state index contributed by atoms with van der Waals surface area (Å²) in [4.78, 5) is 22.4. The molecule has 2 atom stereocenters. The summed E-state index contributed by atoms with van der Waals surface area (Å²) in [6.07, 6.45) is 4.49. The molecule has 2 aromatic carbocycles. The highest BCUT2D eigenvalue weighted by Gasteiger charge is 2.40. The highest BCUT2D eigenvalue weighted by molar-refractivity contribution is 5.78. The molecule has 2 unspecified atom stereocenters. The van der Waals surface area contributed by atoms with Crippen LogP contribution in [0.1, 0.15) is 5.56 Å². The molecule has 1 aromatic heterocycles. The first-order valence-corrected chi connectivity index (χ1v) is 9.80. The predicted molar refractivity (Wildman–Crippen MR) is 115 cm³/mol. The van der Waals surface area contributed by atoms with Crippen LogP contribution in [-0.4, -0.2) is 54.2 Å². The van der Waals surface area contributed by atoms with Crippen LogP contribution < -0.4 is 10.1 Å². The number of methoxy groups -OCH3 is 2. The molecule has 2 heterocycles. The van der Waals surface area contributed by atoms with E-state index in [1.54, 1.807) is 19.5 Å². The number of rotatable bonds is 8. The van der Waals surface area contributed by atoms with Gasteiger partial charge >= 0.3 is 5.97 Å². The van der Waals surface area contributed by atoms with Crippen LogP contribution >= 0.6 is 0 Å². The summed E-state index contributed by atoms with van der Waals surface area (Å²) in [7, 11) is 3.08. The Morgan fingerprint density at radius 3 is 2.37 bits per heavy atom. The van der Waals surface area contributed by atoms with Gasteiger partial charge in [-0.05, 0) is 41.8 Å². The summed E-state index contributed by atoms with van der Waals surface area (Å²) in [5.41, 5.74) is 4.12. The van der Waals surface area contributed by atoms with Gasteiger partial charge in [-0.3, -0.25) is 9.69 Å². The lowest BCUT2D eigenvalue weighted by Gasteiger charge is -2.08. The number of esters is 1. The fourth-order valence-electron chi connectivity index (χ4n) is 3.26. The second kappa shape index (κ2) is 8.92. The van der Waals surface area contributed by atoms with Crippen molar-refractivity contribution in [1.29, 1.82) is 0 Å². The lowest BCUT2D eigenvalue weighted by molar-refractivity contribution is -0.140. The van der Waals surface area contributed by atoms with Crippen LogP contribution in [-0.2, 0) is 16.0 Å². The largest absolute Gasteiger partial charge is 0.497 e. The van der Waals surface area contributed by atoms with Gasteiger partial charge in [0, 0.05) is 36.7 Å². The smallest absolute Gasteiger partial charge is 0.324 e. The quantitative estimate of drug-likeness (QED) is 0.456. The zero-order valence-electron chi connectivity index (χ0n) is 17.0. The molecular weight excluding hydrogens is 380 g/mol. The molecule has 1 aliphatic heterocycles. The SMILES string of the molecule is COC(=O)C1CN1CCc1ccc(Nc2ncc(-c3ccc(OC)cc3)cn2)cc1. The second-order valence-corrected chi connectivity index (χ2v) is 7.13. The number of nitrogens with zero attached hydrogens (tertiary/aromatic N) is 3. The number of aromatic nitrogens is 2. The molecule has 1 fully saturated rings. The van der Waals surface area contributed by atoms with Crippen LogP contribution in [0.15, 0.2) is 60.9 Å². The number of benzene rings is 2. The Morgan fingerprint density at radius 1 is 1.03 bits per heavy atom. The molecule has 7 heteroatoms. The third-order valence-corrected chi connectivity index (χ3v) is 5.16. The number of hydrogen-bond acceptors (Lipinski definition) is 7. The first-order chi connectivity index (χ1) is 14.7. The normalized spacial score (nSPS) is 17.3. The molecule has 0 aliphatic carbocycles. The Bertz CT molecular complexity index is 988. The van der Waals surface area contributed by atoms with Crippen molar-refractivity contribution in [2.45, 2.75) is 12.5 Å². The Hall–Kier alpha value is -3.45. The maximum atomic E-state index is 11.5. The van der Waals surface area contributed by atoms with E-state index in [1.165, 1.54) is 12.7 Å². The molecule has 154 valence electrons. The molecule has 3 aromatic rings. The number of carbonyl (C=O) groups excluding carboxylic acids is 1. The van der Waals surface area contributed by atoms with E-state index in [-0.39, 0.29) is 12.0 Å². The minimum atomic E-state index is -0.146. The van der Waals surface area contributed by atoms with E-state index < -0.39 is 0 Å². The van der Waals surface area contributed by atoms with E-state index in [2.05, 4.69) is 32.3 Å². The van der Waals surface area contributed by atoms with E-state index >= 15 is 0 Å². The minimum absolute atomic E-state index is 0.0611. The van der Waals surface area contributed by atoms with Crippen molar-refractivity contribution < 1.29 is 14.3 Å². The zero-order chi connectivity index (χ0) is 20.9. The second-order valence-electron chi connectivity index (χ2n) is 7.13. The van der Waals surface area contributed by atoms with Crippen molar-refractivity contribution in [3.05, 3.63) is 66.5 Å². The van der Waals surface area contributed by atoms with E-state index in [4.69, 9.17) is 9.47 Å². The summed E-state index contributed by atoms with van der Waals surface area (Å²) in [6.45, 7) is 1.64. The van der Waals surface area contributed by atoms with Crippen molar-refractivity contribution in [3.63, 3.8) is 0 Å². The first-order valence-electron chi connectivity index (χ1n) is 9.80. The molecule has 1 saturated heterocycles. The standard InChI is InChI=1S/C23H24N4O3/c1-29-20-9-5-17(6-10-20)18-13-24-23(25-14-18)26-19-7-3-16(4-8-19)11-12-27-15-21(27)22(28)30-2/h3-10,13-14,21H,11-12,15H2,1-2H3,(H,24,25,26). The molecule has 1 aliphatic rings. The number of nitrogens with one attached hydrogen (secondary N) is 1. The number of carbonyl (C=O) groups is 1. The van der Waals surface area contributed by atoms with Gasteiger partial charge in [0.25, 0.3) is 0 Å². The fraction of sp³-hybridized carbons (Fsp3) is 0.261. The van der Waals surface area contributed by atoms with Gasteiger partial charge in [0.15, 0.2) is 0 Å². The summed E-state index contributed by atoms with van der Waals surface area (Å²) >= 11 is 0. The van der Waals surface area contributed by atoms with Gasteiger partial charge in [0.1, 0.15) is 11.8 Å². The lowest BCUT2D eigenvalue weighted by Crippen LogP contribution is -2.16. The van der Waals surface area contributed by atoms with Gasteiger partial charge in [-0.1, -0.05) is 24.3 Å². The van der Waals surface area contributed by atoms with Crippen molar-refractivity contribution in [2.24, 2.45) is 0 Å². The molecule has 0 saturated carbocycles. The summed E-state index contributed by atoms with van der Waals surface area (Å²) in [5.74, 6) is 1.22. The Balaban J connectivity index is 1.30. The van der Waals surface area contributed by atoms with E-state index in [1.807, 2.05) is 36.4 Å². The van der Waals surface area contributed by atoms with Crippen LogP contribution in [0.5, 0.6) is 5.75 Å². The Kier molecular flexibility index (Phi) is 5.90. The van der Waals surface area contributed by atoms with Crippen LogP contribution in [0.3, 0.4) is 0 Å². The van der Waals surface area contributed by atoms with Crippen LogP contribution in [0.2, 0.25) is 0 Å². The van der Waals surface area contributed by atoms with Gasteiger partial charge in [0.2, 0.25) is 5.95 Å². The average molecular weight is 404 g/mol. The van der Waals surface area contributed by atoms with E-state index in [0.29, 0.717) is 5.95 Å². The fourth-order valence-corrected chi connectivity index (χ4v) is 3.26. The third kappa shape index (κ3) is 4.75. The molecule has 4 rings (SSSR count). The van der Waals surface area contributed by atoms with E-state index in [9.17, 15) is 4.79 Å². The molecule has 0 bridgehead atoms. The molecular formula is C23H24N4O3. The third-order valence-electron chi connectivity index (χ3n) is 5.16. The van der Waals surface area contributed by atoms with Crippen molar-refractivity contribution >= 4 is 17.6 Å². The summed E-state index contributed by atoms with van der Waals surface area (Å²) < 4.78 is 9.95. The van der Waals surface area contributed by atoms with Crippen molar-refractivity contribution in [1.82, 2.24) is 14.9 Å². The van der Waals surface area contributed by atoms with Gasteiger partial charge in [-0.15, -0.1) is 0 Å². The first kappa shape index (κ1) is 19.8. The average Bonchev–Trinajstić information content (AvgIpc) is 3.58. The van der Waals surface area contributed by atoms with Gasteiger partial charge in [0.05, 0.1) is 14.2 Å². The Morgan fingerprint density at radius 2 is 1.73 bits per heavy atom. The van der Waals surface area contributed by atoms with Crippen LogP contribution in [0.4, 0.5) is 11.6 Å². The highest BCUT2D eigenvalue weighted by atomic mass is 16.5. The monoisotopic (exact) mass is 404 g/mol. The molecule has 0 radical (unpaired) electrons. The maximum absolute atomic E-state index is 11.5. The lowest BCUT2D eigenvalue weighted by atomic mass is 10.1. The highest BCUT2D eigenvalue weighted by Crippen LogP contribution is 2.23. The molecule has 1 N–H and O–H groups in total. The number of hydrogen-bond donors (Lipinski definition) is 1. The van der Waals surface area contributed by atoms with E-state index in [0.717, 1.165) is 42.1 Å².